The lowest BCUT2D eigenvalue weighted by atomic mass is 10.1. The lowest BCUT2D eigenvalue weighted by molar-refractivity contribution is -0.120. The normalized spacial score (nSPS) is 11.1. The Kier molecular flexibility index (Phi) is 7.30. The minimum Gasteiger partial charge on any atom is -0.355 e. The van der Waals surface area contributed by atoms with E-state index in [0.717, 1.165) is 38.2 Å². The summed E-state index contributed by atoms with van der Waals surface area (Å²) < 4.78 is 2.01. The summed E-state index contributed by atoms with van der Waals surface area (Å²) in [5.41, 5.74) is 2.24. The van der Waals surface area contributed by atoms with Gasteiger partial charge in [-0.3, -0.25) is 9.48 Å². The van der Waals surface area contributed by atoms with E-state index in [-0.39, 0.29) is 5.91 Å². The maximum atomic E-state index is 11.5. The molecule has 0 unspecified atom stereocenters. The molecular formula is C15H28N4O. The van der Waals surface area contributed by atoms with Gasteiger partial charge >= 0.3 is 0 Å². The van der Waals surface area contributed by atoms with Gasteiger partial charge in [-0.05, 0) is 45.2 Å². The van der Waals surface area contributed by atoms with Gasteiger partial charge in [0.2, 0.25) is 5.91 Å². The van der Waals surface area contributed by atoms with Crippen LogP contribution in [0.5, 0.6) is 0 Å². The zero-order chi connectivity index (χ0) is 15.0. The summed E-state index contributed by atoms with van der Waals surface area (Å²) in [5.74, 6) is 0.709. The zero-order valence-electron chi connectivity index (χ0n) is 13.2. The fraction of sp³-hybridized carbons (Fsp3) is 0.733. The Morgan fingerprint density at radius 1 is 1.35 bits per heavy atom. The summed E-state index contributed by atoms with van der Waals surface area (Å²) in [6, 6.07) is 2.08. The molecule has 1 heterocycles. The van der Waals surface area contributed by atoms with Gasteiger partial charge in [-0.2, -0.15) is 5.10 Å². The number of carbonyl (C=O) groups is 1. The number of amides is 1. The highest BCUT2D eigenvalue weighted by Crippen LogP contribution is 2.02. The molecule has 0 aromatic carbocycles. The fourth-order valence-electron chi connectivity index (χ4n) is 2.02. The summed E-state index contributed by atoms with van der Waals surface area (Å²) >= 11 is 0. The molecule has 0 aliphatic rings. The Hall–Kier alpha value is -1.36. The lowest BCUT2D eigenvalue weighted by Crippen LogP contribution is -2.35. The predicted molar refractivity (Wildman–Crippen MR) is 81.7 cm³/mol. The molecule has 5 heteroatoms. The second-order valence-electron chi connectivity index (χ2n) is 5.71. The number of nitrogens with zero attached hydrogens (tertiary/aromatic N) is 2. The van der Waals surface area contributed by atoms with E-state index >= 15 is 0 Å². The first-order valence-corrected chi connectivity index (χ1v) is 7.47. The molecule has 20 heavy (non-hydrogen) atoms. The number of aromatic nitrogens is 2. The van der Waals surface area contributed by atoms with E-state index in [1.165, 1.54) is 5.69 Å². The van der Waals surface area contributed by atoms with Crippen LogP contribution in [-0.4, -0.2) is 35.3 Å². The molecule has 1 aromatic rings. The van der Waals surface area contributed by atoms with Gasteiger partial charge in [-0.1, -0.05) is 13.8 Å². The molecule has 1 rings (SSSR count). The van der Waals surface area contributed by atoms with E-state index in [1.807, 2.05) is 11.6 Å². The van der Waals surface area contributed by atoms with Crippen LogP contribution < -0.4 is 10.6 Å². The fourth-order valence-corrected chi connectivity index (χ4v) is 2.02. The van der Waals surface area contributed by atoms with Crippen molar-refractivity contribution in [2.45, 2.75) is 47.1 Å². The van der Waals surface area contributed by atoms with Crippen molar-refractivity contribution < 1.29 is 4.79 Å². The standard InChI is InChI=1S/C15H28N4O/c1-12(2)6-8-17-15(20)11-16-7-5-9-19-14(4)10-13(3)18-19/h10,12,16H,5-9,11H2,1-4H3,(H,17,20). The van der Waals surface area contributed by atoms with E-state index in [1.54, 1.807) is 0 Å². The minimum atomic E-state index is 0.0803. The molecule has 1 aromatic heterocycles. The molecule has 2 N–H and O–H groups in total. The van der Waals surface area contributed by atoms with Crippen molar-refractivity contribution in [2.75, 3.05) is 19.6 Å². The number of rotatable bonds is 9. The van der Waals surface area contributed by atoms with Gasteiger partial charge in [0.05, 0.1) is 12.2 Å². The third kappa shape index (κ3) is 6.70. The van der Waals surface area contributed by atoms with E-state index in [2.05, 4.69) is 42.6 Å². The van der Waals surface area contributed by atoms with E-state index < -0.39 is 0 Å². The molecule has 0 radical (unpaired) electrons. The lowest BCUT2D eigenvalue weighted by Gasteiger charge is -2.08. The zero-order valence-corrected chi connectivity index (χ0v) is 13.2. The van der Waals surface area contributed by atoms with Crippen molar-refractivity contribution >= 4 is 5.91 Å². The number of hydrogen-bond acceptors (Lipinski definition) is 3. The Morgan fingerprint density at radius 2 is 2.10 bits per heavy atom. The third-order valence-electron chi connectivity index (χ3n) is 3.16. The number of hydrogen-bond donors (Lipinski definition) is 2. The molecule has 0 fully saturated rings. The Labute approximate surface area is 122 Å². The quantitative estimate of drug-likeness (QED) is 0.676. The van der Waals surface area contributed by atoms with E-state index in [0.29, 0.717) is 12.5 Å². The third-order valence-corrected chi connectivity index (χ3v) is 3.16. The molecule has 0 aliphatic heterocycles. The molecular weight excluding hydrogens is 252 g/mol. The number of nitrogens with one attached hydrogen (secondary N) is 2. The van der Waals surface area contributed by atoms with Gasteiger partial charge in [0, 0.05) is 18.8 Å². The van der Waals surface area contributed by atoms with Crippen LogP contribution in [0.15, 0.2) is 6.07 Å². The maximum absolute atomic E-state index is 11.5. The maximum Gasteiger partial charge on any atom is 0.233 e. The van der Waals surface area contributed by atoms with Gasteiger partial charge in [0.15, 0.2) is 0 Å². The van der Waals surface area contributed by atoms with Crippen LogP contribution in [0.25, 0.3) is 0 Å². The first-order chi connectivity index (χ1) is 9.49. The van der Waals surface area contributed by atoms with Crippen molar-refractivity contribution in [1.82, 2.24) is 20.4 Å². The second kappa shape index (κ2) is 8.74. The van der Waals surface area contributed by atoms with Gasteiger partial charge in [-0.15, -0.1) is 0 Å². The van der Waals surface area contributed by atoms with Crippen LogP contribution >= 0.6 is 0 Å². The highest BCUT2D eigenvalue weighted by molar-refractivity contribution is 5.77. The molecule has 1 amide bonds. The number of carbonyl (C=O) groups excluding carboxylic acids is 1. The van der Waals surface area contributed by atoms with Crippen molar-refractivity contribution in [3.05, 3.63) is 17.5 Å². The van der Waals surface area contributed by atoms with Crippen LogP contribution in [0.2, 0.25) is 0 Å². The predicted octanol–water partition coefficient (Wildman–Crippen LogP) is 1.64. The topological polar surface area (TPSA) is 59.0 Å². The highest BCUT2D eigenvalue weighted by Gasteiger charge is 2.02. The molecule has 0 saturated heterocycles. The van der Waals surface area contributed by atoms with Gasteiger partial charge < -0.3 is 10.6 Å². The molecule has 0 atom stereocenters. The summed E-state index contributed by atoms with van der Waals surface area (Å²) in [7, 11) is 0. The van der Waals surface area contributed by atoms with Gasteiger partial charge in [0.25, 0.3) is 0 Å². The SMILES string of the molecule is Cc1cc(C)n(CCCNCC(=O)NCCC(C)C)n1. The van der Waals surface area contributed by atoms with Crippen molar-refractivity contribution in [3.63, 3.8) is 0 Å². The smallest absolute Gasteiger partial charge is 0.233 e. The second-order valence-corrected chi connectivity index (χ2v) is 5.71. The van der Waals surface area contributed by atoms with Gasteiger partial charge in [0.1, 0.15) is 0 Å². The largest absolute Gasteiger partial charge is 0.355 e. The number of aryl methyl sites for hydroxylation is 3. The Balaban J connectivity index is 2.04. The van der Waals surface area contributed by atoms with Crippen molar-refractivity contribution in [1.29, 1.82) is 0 Å². The Morgan fingerprint density at radius 3 is 2.70 bits per heavy atom. The van der Waals surface area contributed by atoms with Crippen LogP contribution in [0.4, 0.5) is 0 Å². The van der Waals surface area contributed by atoms with E-state index in [9.17, 15) is 4.79 Å². The van der Waals surface area contributed by atoms with Crippen LogP contribution in [0.1, 0.15) is 38.1 Å². The summed E-state index contributed by atoms with van der Waals surface area (Å²) in [6.45, 7) is 11.3. The van der Waals surface area contributed by atoms with Gasteiger partial charge in [-0.25, -0.2) is 0 Å². The molecule has 0 aliphatic carbocycles. The molecule has 0 spiro atoms. The molecule has 0 saturated carbocycles. The molecule has 5 nitrogen and oxygen atoms in total. The molecule has 0 bridgehead atoms. The average molecular weight is 280 g/mol. The summed E-state index contributed by atoms with van der Waals surface area (Å²) in [6.07, 6.45) is 2.00. The van der Waals surface area contributed by atoms with Crippen molar-refractivity contribution in [3.8, 4) is 0 Å². The van der Waals surface area contributed by atoms with E-state index in [4.69, 9.17) is 0 Å². The Bertz CT molecular complexity index is 412. The molecule has 114 valence electrons. The first kappa shape index (κ1) is 16.7. The summed E-state index contributed by atoms with van der Waals surface area (Å²) in [5, 5.41) is 10.5. The van der Waals surface area contributed by atoms with Crippen LogP contribution in [-0.2, 0) is 11.3 Å². The average Bonchev–Trinajstić information content (AvgIpc) is 2.67. The monoisotopic (exact) mass is 280 g/mol. The minimum absolute atomic E-state index is 0.0803. The summed E-state index contributed by atoms with van der Waals surface area (Å²) in [4.78, 5) is 11.5. The van der Waals surface area contributed by atoms with Crippen LogP contribution in [0, 0.1) is 19.8 Å². The van der Waals surface area contributed by atoms with Crippen LogP contribution in [0.3, 0.4) is 0 Å². The van der Waals surface area contributed by atoms with Crippen molar-refractivity contribution in [2.24, 2.45) is 5.92 Å². The highest BCUT2D eigenvalue weighted by atomic mass is 16.1. The first-order valence-electron chi connectivity index (χ1n) is 7.47.